The van der Waals surface area contributed by atoms with Crippen molar-refractivity contribution < 1.29 is 26.7 Å². The average molecular weight is 424 g/mol. The van der Waals surface area contributed by atoms with Crippen LogP contribution in [0.25, 0.3) is 11.1 Å². The summed E-state index contributed by atoms with van der Waals surface area (Å²) >= 11 is 0. The highest BCUT2D eigenvalue weighted by Gasteiger charge is 2.25. The van der Waals surface area contributed by atoms with Crippen molar-refractivity contribution in [2.45, 2.75) is 51.4 Å². The summed E-state index contributed by atoms with van der Waals surface area (Å²) in [5, 5.41) is 0. The van der Waals surface area contributed by atoms with Gasteiger partial charge in [-0.2, -0.15) is 0 Å². The second-order valence-electron chi connectivity index (χ2n) is 7.78. The Bertz CT molecular complexity index is 854. The number of benzene rings is 2. The van der Waals surface area contributed by atoms with Crippen molar-refractivity contribution in [2.24, 2.45) is 5.92 Å². The molecule has 2 aromatic rings. The van der Waals surface area contributed by atoms with Gasteiger partial charge in [-0.1, -0.05) is 19.8 Å². The van der Waals surface area contributed by atoms with Gasteiger partial charge in [-0.3, -0.25) is 0 Å². The first-order valence-electron chi connectivity index (χ1n) is 10.3. The number of hydrogen-bond acceptors (Lipinski definition) is 1. The molecular formula is C24H25F5O. The van der Waals surface area contributed by atoms with E-state index in [0.717, 1.165) is 56.6 Å². The van der Waals surface area contributed by atoms with Crippen molar-refractivity contribution in [3.8, 4) is 16.9 Å². The van der Waals surface area contributed by atoms with Crippen LogP contribution in [0, 0.1) is 29.2 Å². The Morgan fingerprint density at radius 1 is 0.900 bits per heavy atom. The van der Waals surface area contributed by atoms with E-state index in [1.807, 2.05) is 0 Å². The molecule has 0 bridgehead atoms. The number of allylic oxidation sites excluding steroid dienone is 1. The third kappa shape index (κ3) is 5.02. The van der Waals surface area contributed by atoms with Crippen LogP contribution in [0.3, 0.4) is 0 Å². The third-order valence-corrected chi connectivity index (χ3v) is 5.74. The molecule has 1 aliphatic rings. The Labute approximate surface area is 173 Å². The van der Waals surface area contributed by atoms with Crippen LogP contribution in [0.1, 0.15) is 56.9 Å². The smallest absolute Gasteiger partial charge is 0.197 e. The van der Waals surface area contributed by atoms with Crippen LogP contribution in [-0.4, -0.2) is 6.67 Å². The molecule has 162 valence electrons. The first kappa shape index (κ1) is 22.3. The largest absolute Gasteiger partial charge is 0.459 e. The molecule has 1 aliphatic carbocycles. The maximum Gasteiger partial charge on any atom is 0.197 e. The molecule has 1 nitrogen and oxygen atoms in total. The maximum absolute atomic E-state index is 14.8. The second kappa shape index (κ2) is 10.1. The summed E-state index contributed by atoms with van der Waals surface area (Å²) in [6.07, 6.45) is 7.89. The average Bonchev–Trinajstić information content (AvgIpc) is 2.70. The molecule has 0 saturated heterocycles. The van der Waals surface area contributed by atoms with Gasteiger partial charge in [0.2, 0.25) is 0 Å². The van der Waals surface area contributed by atoms with Crippen molar-refractivity contribution in [3.05, 3.63) is 65.4 Å². The molecule has 0 heterocycles. The van der Waals surface area contributed by atoms with Crippen molar-refractivity contribution in [3.63, 3.8) is 0 Å². The van der Waals surface area contributed by atoms with E-state index in [9.17, 15) is 22.0 Å². The lowest BCUT2D eigenvalue weighted by atomic mass is 9.77. The third-order valence-electron chi connectivity index (χ3n) is 5.74. The standard InChI is InChI=1S/C24H25F5O/c1-2-4-15-5-7-16(8-6-15)17-11-19(26)23(20(27)12-17)18-13-21(28)24(22(29)14-18)30-10-3-9-25/h3,10-16H,2,4-9H2,1H3/b10-3+. The molecule has 0 atom stereocenters. The molecule has 0 N–H and O–H groups in total. The summed E-state index contributed by atoms with van der Waals surface area (Å²) in [4.78, 5) is 0. The van der Waals surface area contributed by atoms with E-state index < -0.39 is 41.3 Å². The van der Waals surface area contributed by atoms with Crippen molar-refractivity contribution >= 4 is 0 Å². The first-order valence-corrected chi connectivity index (χ1v) is 10.3. The molecule has 1 fully saturated rings. The van der Waals surface area contributed by atoms with Gasteiger partial charge in [-0.05, 0) is 79.0 Å². The minimum absolute atomic E-state index is 0.0858. The number of rotatable bonds is 7. The summed E-state index contributed by atoms with van der Waals surface area (Å²) in [6.45, 7) is 1.30. The van der Waals surface area contributed by atoms with E-state index in [1.54, 1.807) is 0 Å². The van der Waals surface area contributed by atoms with Crippen molar-refractivity contribution in [2.75, 3.05) is 6.67 Å². The normalized spacial score (nSPS) is 19.4. The van der Waals surface area contributed by atoms with Gasteiger partial charge in [-0.25, -0.2) is 22.0 Å². The van der Waals surface area contributed by atoms with E-state index in [-0.39, 0.29) is 11.5 Å². The Kier molecular flexibility index (Phi) is 7.51. The highest BCUT2D eigenvalue weighted by atomic mass is 19.1. The van der Waals surface area contributed by atoms with Crippen LogP contribution < -0.4 is 4.74 Å². The van der Waals surface area contributed by atoms with Crippen LogP contribution in [0.4, 0.5) is 22.0 Å². The van der Waals surface area contributed by atoms with Gasteiger partial charge >= 0.3 is 0 Å². The van der Waals surface area contributed by atoms with Crippen LogP contribution >= 0.6 is 0 Å². The predicted molar refractivity (Wildman–Crippen MR) is 107 cm³/mol. The molecular weight excluding hydrogens is 399 g/mol. The van der Waals surface area contributed by atoms with Crippen molar-refractivity contribution in [1.82, 2.24) is 0 Å². The van der Waals surface area contributed by atoms with E-state index in [4.69, 9.17) is 4.74 Å². The SMILES string of the molecule is CCCC1CCC(c2cc(F)c(-c3cc(F)c(O/C=C/CF)c(F)c3)c(F)c2)CC1. The molecule has 2 aromatic carbocycles. The zero-order valence-electron chi connectivity index (χ0n) is 16.9. The second-order valence-corrected chi connectivity index (χ2v) is 7.78. The molecule has 0 amide bonds. The zero-order chi connectivity index (χ0) is 21.7. The van der Waals surface area contributed by atoms with Gasteiger partial charge in [0.05, 0.1) is 11.8 Å². The molecule has 1 saturated carbocycles. The molecule has 30 heavy (non-hydrogen) atoms. The fourth-order valence-electron chi connectivity index (χ4n) is 4.27. The summed E-state index contributed by atoms with van der Waals surface area (Å²) in [6, 6.07) is 4.15. The molecule has 0 aliphatic heterocycles. The summed E-state index contributed by atoms with van der Waals surface area (Å²) in [7, 11) is 0. The fourth-order valence-corrected chi connectivity index (χ4v) is 4.27. The highest BCUT2D eigenvalue weighted by molar-refractivity contribution is 5.66. The molecule has 0 radical (unpaired) electrons. The van der Waals surface area contributed by atoms with Crippen molar-refractivity contribution in [1.29, 1.82) is 0 Å². The van der Waals surface area contributed by atoms with Gasteiger partial charge in [0.25, 0.3) is 0 Å². The molecule has 3 rings (SSSR count). The molecule has 0 aromatic heterocycles. The number of hydrogen-bond donors (Lipinski definition) is 0. The van der Waals surface area contributed by atoms with E-state index >= 15 is 0 Å². The summed E-state index contributed by atoms with van der Waals surface area (Å²) in [5.41, 5.74) is -0.164. The van der Waals surface area contributed by atoms with Crippen LogP contribution in [0.2, 0.25) is 0 Å². The summed E-state index contributed by atoms with van der Waals surface area (Å²) < 4.78 is 74.8. The Morgan fingerprint density at radius 2 is 1.50 bits per heavy atom. The fraction of sp³-hybridized carbons (Fsp3) is 0.417. The predicted octanol–water partition coefficient (Wildman–Crippen LogP) is 7.85. The molecule has 0 unspecified atom stereocenters. The van der Waals surface area contributed by atoms with Gasteiger partial charge < -0.3 is 4.74 Å². The zero-order valence-corrected chi connectivity index (χ0v) is 16.9. The van der Waals surface area contributed by atoms with Crippen LogP contribution in [0.5, 0.6) is 5.75 Å². The highest BCUT2D eigenvalue weighted by Crippen LogP contribution is 2.40. The number of ether oxygens (including phenoxy) is 1. The molecule has 0 spiro atoms. The Hall–Kier alpha value is -2.37. The summed E-state index contributed by atoms with van der Waals surface area (Å²) in [5.74, 6) is -3.98. The van der Waals surface area contributed by atoms with Gasteiger partial charge in [0.1, 0.15) is 18.3 Å². The monoisotopic (exact) mass is 424 g/mol. The van der Waals surface area contributed by atoms with Crippen LogP contribution in [0.15, 0.2) is 36.6 Å². The van der Waals surface area contributed by atoms with E-state index in [0.29, 0.717) is 11.5 Å². The maximum atomic E-state index is 14.8. The number of halogens is 5. The van der Waals surface area contributed by atoms with Crippen LogP contribution in [-0.2, 0) is 0 Å². The lowest BCUT2D eigenvalue weighted by Crippen LogP contribution is -2.13. The van der Waals surface area contributed by atoms with Gasteiger partial charge in [0.15, 0.2) is 17.4 Å². The Balaban J connectivity index is 1.85. The minimum atomic E-state index is -1.13. The lowest BCUT2D eigenvalue weighted by molar-refractivity contribution is 0.307. The minimum Gasteiger partial charge on any atom is -0.459 e. The van der Waals surface area contributed by atoms with Gasteiger partial charge in [0, 0.05) is 0 Å². The van der Waals surface area contributed by atoms with E-state index in [2.05, 4.69) is 6.92 Å². The van der Waals surface area contributed by atoms with Gasteiger partial charge in [-0.15, -0.1) is 0 Å². The topological polar surface area (TPSA) is 9.23 Å². The lowest BCUT2D eigenvalue weighted by Gasteiger charge is -2.29. The van der Waals surface area contributed by atoms with E-state index in [1.165, 1.54) is 18.6 Å². The Morgan fingerprint density at radius 3 is 2.03 bits per heavy atom. The number of alkyl halides is 1. The first-order chi connectivity index (χ1) is 14.4. The molecule has 6 heteroatoms. The quantitative estimate of drug-likeness (QED) is 0.325.